The number of sulfonamides is 1. The Morgan fingerprint density at radius 3 is 2.14 bits per heavy atom. The van der Waals surface area contributed by atoms with E-state index in [0.29, 0.717) is 11.1 Å². The molecule has 0 fully saturated rings. The maximum atomic E-state index is 11.8. The first-order chi connectivity index (χ1) is 10.1. The van der Waals surface area contributed by atoms with Gasteiger partial charge in [-0.15, -0.1) is 0 Å². The normalized spacial score (nSPS) is 11.5. The van der Waals surface area contributed by atoms with Gasteiger partial charge in [0.25, 0.3) is 0 Å². The van der Waals surface area contributed by atoms with E-state index >= 15 is 0 Å². The first-order valence-electron chi connectivity index (χ1n) is 6.42. The minimum absolute atomic E-state index is 0.124. The maximum absolute atomic E-state index is 11.8. The summed E-state index contributed by atoms with van der Waals surface area (Å²) in [5.74, 6) is 0. The van der Waals surface area contributed by atoms with E-state index < -0.39 is 10.0 Å². The van der Waals surface area contributed by atoms with Crippen molar-refractivity contribution in [2.24, 2.45) is 5.14 Å². The van der Waals surface area contributed by atoms with Gasteiger partial charge in [-0.25, -0.2) is 13.6 Å². The topological polar surface area (TPSA) is 72.2 Å². The summed E-state index contributed by atoms with van der Waals surface area (Å²) in [7, 11) is -3.78. The van der Waals surface area contributed by atoms with Crippen LogP contribution in [0.25, 0.3) is 10.8 Å². The number of benzene rings is 3. The second kappa shape index (κ2) is 5.20. The van der Waals surface area contributed by atoms with E-state index in [-0.39, 0.29) is 4.90 Å². The third-order valence-electron chi connectivity index (χ3n) is 3.23. The molecule has 0 aliphatic heterocycles. The van der Waals surface area contributed by atoms with Gasteiger partial charge in [-0.05, 0) is 29.7 Å². The lowest BCUT2D eigenvalue weighted by molar-refractivity contribution is 0.598. The highest BCUT2D eigenvalue weighted by atomic mass is 32.2. The lowest BCUT2D eigenvalue weighted by atomic mass is 10.1. The van der Waals surface area contributed by atoms with E-state index in [1.807, 2.05) is 54.6 Å². The fraction of sp³-hybridized carbons (Fsp3) is 0. The summed E-state index contributed by atoms with van der Waals surface area (Å²) in [6.07, 6.45) is 0. The highest BCUT2D eigenvalue weighted by molar-refractivity contribution is 7.89. The average molecular weight is 298 g/mol. The molecule has 21 heavy (non-hydrogen) atoms. The van der Waals surface area contributed by atoms with Gasteiger partial charge in [-0.1, -0.05) is 42.5 Å². The lowest BCUT2D eigenvalue weighted by Crippen LogP contribution is -2.13. The zero-order chi connectivity index (χ0) is 14.9. The predicted molar refractivity (Wildman–Crippen MR) is 85.0 cm³/mol. The van der Waals surface area contributed by atoms with Gasteiger partial charge < -0.3 is 5.32 Å². The molecule has 0 atom stereocenters. The van der Waals surface area contributed by atoms with Crippen molar-refractivity contribution in [2.75, 3.05) is 5.32 Å². The van der Waals surface area contributed by atoms with Crippen molar-refractivity contribution in [1.29, 1.82) is 0 Å². The van der Waals surface area contributed by atoms with E-state index in [2.05, 4.69) is 5.32 Å². The summed E-state index contributed by atoms with van der Waals surface area (Å²) in [5, 5.41) is 9.99. The molecule has 0 saturated heterocycles. The number of nitrogens with one attached hydrogen (secondary N) is 1. The van der Waals surface area contributed by atoms with Crippen molar-refractivity contribution in [1.82, 2.24) is 0 Å². The van der Waals surface area contributed by atoms with Crippen LogP contribution >= 0.6 is 0 Å². The molecule has 0 unspecified atom stereocenters. The Bertz CT molecular complexity index is 885. The smallest absolute Gasteiger partial charge is 0.238 e. The average Bonchev–Trinajstić information content (AvgIpc) is 2.47. The number of hydrogen-bond acceptors (Lipinski definition) is 3. The fourth-order valence-corrected chi connectivity index (χ4v) is 3.11. The highest BCUT2D eigenvalue weighted by Crippen LogP contribution is 2.31. The molecule has 3 aromatic carbocycles. The fourth-order valence-electron chi connectivity index (χ4n) is 2.32. The molecular formula is C16H14N2O2S. The Hall–Kier alpha value is -2.37. The van der Waals surface area contributed by atoms with Gasteiger partial charge in [0.2, 0.25) is 10.0 Å². The van der Waals surface area contributed by atoms with Crippen molar-refractivity contribution < 1.29 is 8.42 Å². The second-order valence-electron chi connectivity index (χ2n) is 4.70. The van der Waals surface area contributed by atoms with Crippen molar-refractivity contribution in [3.05, 3.63) is 66.7 Å². The zero-order valence-corrected chi connectivity index (χ0v) is 12.0. The van der Waals surface area contributed by atoms with Gasteiger partial charge in [0.05, 0.1) is 4.90 Å². The third-order valence-corrected chi connectivity index (χ3v) is 4.18. The predicted octanol–water partition coefficient (Wildman–Crippen LogP) is 3.23. The van der Waals surface area contributed by atoms with Gasteiger partial charge in [-0.2, -0.15) is 0 Å². The number of primary sulfonamides is 1. The summed E-state index contributed by atoms with van der Waals surface area (Å²) in [5.41, 5.74) is 1.59. The van der Waals surface area contributed by atoms with Gasteiger partial charge in [0, 0.05) is 16.8 Å². The highest BCUT2D eigenvalue weighted by Gasteiger charge is 2.15. The van der Waals surface area contributed by atoms with Gasteiger partial charge in [0.1, 0.15) is 0 Å². The summed E-state index contributed by atoms with van der Waals surface area (Å²) in [6.45, 7) is 0. The van der Waals surface area contributed by atoms with E-state index in [9.17, 15) is 8.42 Å². The molecule has 0 bridgehead atoms. The quantitative estimate of drug-likeness (QED) is 0.779. The first kappa shape index (κ1) is 13.6. The Labute approximate surface area is 123 Å². The van der Waals surface area contributed by atoms with Crippen LogP contribution in [0.3, 0.4) is 0 Å². The van der Waals surface area contributed by atoms with E-state index in [1.165, 1.54) is 6.07 Å². The van der Waals surface area contributed by atoms with Crippen LogP contribution in [0.1, 0.15) is 0 Å². The van der Waals surface area contributed by atoms with Crippen LogP contribution in [0.2, 0.25) is 0 Å². The molecule has 0 spiro atoms. The molecule has 0 radical (unpaired) electrons. The Kier molecular flexibility index (Phi) is 3.37. The molecule has 0 saturated carbocycles. The Balaban J connectivity index is 2.24. The molecule has 0 aliphatic rings. The van der Waals surface area contributed by atoms with E-state index in [1.54, 1.807) is 6.07 Å². The number of nitrogens with two attached hydrogens (primary N) is 1. The molecule has 4 nitrogen and oxygen atoms in total. The van der Waals surface area contributed by atoms with Crippen LogP contribution in [-0.4, -0.2) is 8.42 Å². The van der Waals surface area contributed by atoms with Crippen molar-refractivity contribution >= 4 is 32.2 Å². The molecular weight excluding hydrogens is 284 g/mol. The van der Waals surface area contributed by atoms with Crippen LogP contribution in [0, 0.1) is 0 Å². The maximum Gasteiger partial charge on any atom is 0.238 e. The standard InChI is InChI=1S/C16H14N2O2S/c17-21(19,20)15-11-5-7-12-6-4-10-14(16(12)15)18-13-8-2-1-3-9-13/h1-11,18H,(H2,17,19,20). The third kappa shape index (κ3) is 2.74. The molecule has 0 aliphatic carbocycles. The molecule has 106 valence electrons. The summed E-state index contributed by atoms with van der Waals surface area (Å²) in [4.78, 5) is 0.124. The summed E-state index contributed by atoms with van der Waals surface area (Å²) < 4.78 is 23.6. The first-order valence-corrected chi connectivity index (χ1v) is 7.97. The van der Waals surface area contributed by atoms with E-state index in [4.69, 9.17) is 5.14 Å². The molecule has 3 N–H and O–H groups in total. The van der Waals surface area contributed by atoms with Crippen molar-refractivity contribution in [3.8, 4) is 0 Å². The molecule has 3 aromatic rings. The van der Waals surface area contributed by atoms with Crippen LogP contribution in [0.4, 0.5) is 11.4 Å². The monoisotopic (exact) mass is 298 g/mol. The SMILES string of the molecule is NS(=O)(=O)c1cccc2cccc(Nc3ccccc3)c12. The number of anilines is 2. The van der Waals surface area contributed by atoms with Crippen LogP contribution in [-0.2, 0) is 10.0 Å². The van der Waals surface area contributed by atoms with Gasteiger partial charge in [-0.3, -0.25) is 0 Å². The number of rotatable bonds is 3. The van der Waals surface area contributed by atoms with Crippen molar-refractivity contribution in [3.63, 3.8) is 0 Å². The lowest BCUT2D eigenvalue weighted by Gasteiger charge is -2.12. The number of hydrogen-bond donors (Lipinski definition) is 2. The Morgan fingerprint density at radius 2 is 1.48 bits per heavy atom. The molecule has 0 heterocycles. The van der Waals surface area contributed by atoms with Crippen molar-refractivity contribution in [2.45, 2.75) is 4.90 Å². The number of para-hydroxylation sites is 1. The van der Waals surface area contributed by atoms with Crippen LogP contribution in [0.5, 0.6) is 0 Å². The second-order valence-corrected chi connectivity index (χ2v) is 6.23. The summed E-state index contributed by atoms with van der Waals surface area (Å²) in [6, 6.07) is 20.2. The number of fused-ring (bicyclic) bond motifs is 1. The molecule has 0 aromatic heterocycles. The molecule has 0 amide bonds. The minimum Gasteiger partial charge on any atom is -0.355 e. The van der Waals surface area contributed by atoms with E-state index in [0.717, 1.165) is 11.1 Å². The van der Waals surface area contributed by atoms with Gasteiger partial charge in [0.15, 0.2) is 0 Å². The Morgan fingerprint density at radius 1 is 0.810 bits per heavy atom. The zero-order valence-electron chi connectivity index (χ0n) is 11.2. The van der Waals surface area contributed by atoms with Crippen LogP contribution in [0.15, 0.2) is 71.6 Å². The minimum atomic E-state index is -3.78. The van der Waals surface area contributed by atoms with Crippen LogP contribution < -0.4 is 10.5 Å². The largest absolute Gasteiger partial charge is 0.355 e. The molecule has 5 heteroatoms. The summed E-state index contributed by atoms with van der Waals surface area (Å²) >= 11 is 0. The van der Waals surface area contributed by atoms with Gasteiger partial charge >= 0.3 is 0 Å². The molecule has 3 rings (SSSR count).